The molecule has 3 heterocycles. The number of anilines is 1. The lowest BCUT2D eigenvalue weighted by Crippen LogP contribution is -2.43. The number of alkyl halides is 6. The molecule has 0 spiro atoms. The Morgan fingerprint density at radius 1 is 1.10 bits per heavy atom. The van der Waals surface area contributed by atoms with Crippen molar-refractivity contribution in [3.05, 3.63) is 17.5 Å². The van der Waals surface area contributed by atoms with Gasteiger partial charge in [-0.1, -0.05) is 13.8 Å². The Morgan fingerprint density at radius 2 is 1.74 bits per heavy atom. The lowest BCUT2D eigenvalue weighted by atomic mass is 9.85. The first-order valence-corrected chi connectivity index (χ1v) is 9.38. The van der Waals surface area contributed by atoms with Crippen LogP contribution in [-0.2, 0) is 11.8 Å². The van der Waals surface area contributed by atoms with Crippen LogP contribution in [0, 0.1) is 11.8 Å². The summed E-state index contributed by atoms with van der Waals surface area (Å²) in [7, 11) is 0. The maximum absolute atomic E-state index is 13.7. The number of nitrogens with two attached hydrogens (primary N) is 1. The van der Waals surface area contributed by atoms with Gasteiger partial charge in [0.1, 0.15) is 5.56 Å². The molecule has 31 heavy (non-hydrogen) atoms. The lowest BCUT2D eigenvalue weighted by molar-refractivity contribution is -0.278. The highest BCUT2D eigenvalue weighted by Gasteiger charge is 2.58. The maximum atomic E-state index is 13.7. The number of ether oxygens (including phenoxy) is 1. The second-order valence-corrected chi connectivity index (χ2v) is 7.68. The van der Waals surface area contributed by atoms with Crippen molar-refractivity contribution in [1.29, 1.82) is 0 Å². The molecule has 0 radical (unpaired) electrons. The van der Waals surface area contributed by atoms with Crippen molar-refractivity contribution < 1.29 is 40.6 Å². The molecule has 4 bridgehead atoms. The summed E-state index contributed by atoms with van der Waals surface area (Å²) in [5.74, 6) is -3.16. The van der Waals surface area contributed by atoms with E-state index in [-0.39, 0.29) is 31.3 Å². The quantitative estimate of drug-likeness (QED) is 0.571. The van der Waals surface area contributed by atoms with Crippen LogP contribution in [-0.4, -0.2) is 33.1 Å². The molecule has 3 rings (SSSR count). The van der Waals surface area contributed by atoms with Crippen LogP contribution in [0.5, 0.6) is 5.88 Å². The summed E-state index contributed by atoms with van der Waals surface area (Å²) >= 11 is 0. The monoisotopic (exact) mass is 454 g/mol. The summed E-state index contributed by atoms with van der Waals surface area (Å²) in [4.78, 5) is 3.70. The molecule has 2 aromatic rings. The minimum absolute atomic E-state index is 0.0611. The Labute approximate surface area is 172 Å². The highest BCUT2D eigenvalue weighted by Crippen LogP contribution is 2.45. The Balaban J connectivity index is 2.18. The molecule has 0 aliphatic carbocycles. The van der Waals surface area contributed by atoms with Gasteiger partial charge in [0.15, 0.2) is 5.69 Å². The van der Waals surface area contributed by atoms with Crippen LogP contribution < -0.4 is 10.5 Å². The molecule has 0 aromatic carbocycles. The Hall–Kier alpha value is -2.57. The number of fused-ring (bicyclic) bond motifs is 5. The predicted molar refractivity (Wildman–Crippen MR) is 94.6 cm³/mol. The van der Waals surface area contributed by atoms with E-state index in [1.807, 2.05) is 0 Å². The van der Waals surface area contributed by atoms with Crippen molar-refractivity contribution in [3.8, 4) is 17.5 Å². The summed E-state index contributed by atoms with van der Waals surface area (Å²) < 4.78 is 91.6. The second-order valence-electron chi connectivity index (χ2n) is 7.68. The third-order valence-corrected chi connectivity index (χ3v) is 5.52. The van der Waals surface area contributed by atoms with Crippen molar-refractivity contribution in [2.24, 2.45) is 11.8 Å². The number of nitrogen functional groups attached to an aromatic ring is 1. The van der Waals surface area contributed by atoms with E-state index in [1.54, 1.807) is 13.8 Å². The largest absolute Gasteiger partial charge is 0.477 e. The van der Waals surface area contributed by atoms with Crippen LogP contribution >= 0.6 is 0 Å². The molecule has 0 saturated heterocycles. The van der Waals surface area contributed by atoms with Gasteiger partial charge in [0.05, 0.1) is 12.3 Å². The van der Waals surface area contributed by atoms with E-state index >= 15 is 0 Å². The maximum Gasteiger partial charge on any atom is 0.426 e. The predicted octanol–water partition coefficient (Wildman–Crippen LogP) is 4.32. The van der Waals surface area contributed by atoms with Crippen LogP contribution in [0.2, 0.25) is 0 Å². The van der Waals surface area contributed by atoms with Gasteiger partial charge in [-0.15, -0.1) is 10.2 Å². The first-order valence-electron chi connectivity index (χ1n) is 9.38. The zero-order valence-electron chi connectivity index (χ0n) is 16.5. The van der Waals surface area contributed by atoms with Gasteiger partial charge in [-0.3, -0.25) is 0 Å². The summed E-state index contributed by atoms with van der Waals surface area (Å²) in [6, 6.07) is 0.537. The smallest absolute Gasteiger partial charge is 0.426 e. The summed E-state index contributed by atoms with van der Waals surface area (Å²) in [5.41, 5.74) is -0.0831. The molecular formula is C18H20F6N4O3. The van der Waals surface area contributed by atoms with Crippen molar-refractivity contribution >= 4 is 5.69 Å². The minimum atomic E-state index is -5.13. The molecular weight excluding hydrogens is 434 g/mol. The summed E-state index contributed by atoms with van der Waals surface area (Å²) in [6.45, 7) is 3.24. The van der Waals surface area contributed by atoms with Crippen LogP contribution in [0.1, 0.15) is 44.6 Å². The highest BCUT2D eigenvalue weighted by atomic mass is 19.4. The molecule has 7 nitrogen and oxygen atoms in total. The van der Waals surface area contributed by atoms with Gasteiger partial charge in [-0.25, -0.2) is 4.98 Å². The minimum Gasteiger partial charge on any atom is -0.477 e. The van der Waals surface area contributed by atoms with Crippen LogP contribution in [0.4, 0.5) is 32.0 Å². The van der Waals surface area contributed by atoms with E-state index < -0.39 is 59.0 Å². The SMILES string of the molecule is CC1CCOc2nc(c(N)cc2C(F)(F)F)-c2nnc(o2)C(O)(C(F)(F)F)CCC1C. The molecule has 3 atom stereocenters. The number of hydrogen-bond donors (Lipinski definition) is 2. The molecule has 1 aliphatic heterocycles. The van der Waals surface area contributed by atoms with Gasteiger partial charge in [0, 0.05) is 0 Å². The molecule has 0 fully saturated rings. The fraction of sp³-hybridized carbons (Fsp3) is 0.611. The van der Waals surface area contributed by atoms with E-state index in [0.29, 0.717) is 6.07 Å². The first-order chi connectivity index (χ1) is 14.2. The van der Waals surface area contributed by atoms with E-state index in [0.717, 1.165) is 0 Å². The summed E-state index contributed by atoms with van der Waals surface area (Å²) in [5, 5.41) is 17.1. The summed E-state index contributed by atoms with van der Waals surface area (Å²) in [6.07, 6.45) is -10.5. The van der Waals surface area contributed by atoms with Crippen molar-refractivity contribution in [2.75, 3.05) is 12.3 Å². The van der Waals surface area contributed by atoms with Crippen molar-refractivity contribution in [1.82, 2.24) is 15.2 Å². The Morgan fingerprint density at radius 3 is 2.35 bits per heavy atom. The molecule has 13 heteroatoms. The molecule has 3 unspecified atom stereocenters. The number of aromatic nitrogens is 3. The zero-order valence-corrected chi connectivity index (χ0v) is 16.5. The number of halogens is 6. The van der Waals surface area contributed by atoms with E-state index in [2.05, 4.69) is 15.2 Å². The van der Waals surface area contributed by atoms with Gasteiger partial charge in [-0.05, 0) is 37.2 Å². The normalized spacial score (nSPS) is 25.6. The number of hydrogen-bond acceptors (Lipinski definition) is 7. The molecule has 0 saturated carbocycles. The van der Waals surface area contributed by atoms with E-state index in [1.165, 1.54) is 0 Å². The van der Waals surface area contributed by atoms with Gasteiger partial charge in [0.2, 0.25) is 11.5 Å². The van der Waals surface area contributed by atoms with Crippen LogP contribution in [0.3, 0.4) is 0 Å². The van der Waals surface area contributed by atoms with Gasteiger partial charge < -0.3 is 20.0 Å². The van der Waals surface area contributed by atoms with Crippen molar-refractivity contribution in [3.63, 3.8) is 0 Å². The zero-order chi connectivity index (χ0) is 23.2. The third-order valence-electron chi connectivity index (χ3n) is 5.52. The molecule has 2 aromatic heterocycles. The molecule has 0 amide bonds. The average Bonchev–Trinajstić information content (AvgIpc) is 3.14. The number of pyridine rings is 1. The molecule has 3 N–H and O–H groups in total. The lowest BCUT2D eigenvalue weighted by Gasteiger charge is -2.29. The number of rotatable bonds is 0. The fourth-order valence-corrected chi connectivity index (χ4v) is 3.20. The topological polar surface area (TPSA) is 107 Å². The fourth-order valence-electron chi connectivity index (χ4n) is 3.20. The number of aliphatic hydroxyl groups is 1. The van der Waals surface area contributed by atoms with E-state index in [4.69, 9.17) is 14.9 Å². The average molecular weight is 454 g/mol. The van der Waals surface area contributed by atoms with Crippen LogP contribution in [0.15, 0.2) is 10.5 Å². The molecule has 172 valence electrons. The standard InChI is InChI=1S/C18H20F6N4O3/c1-8-3-5-16(29,18(22,23)24)15-28-27-14(31-15)12-11(25)7-10(17(19,20)21)13(26-12)30-6-4-9(8)2/h7-9,29H,3-6,25H2,1-2H3. The molecule has 1 aliphatic rings. The third kappa shape index (κ3) is 4.41. The van der Waals surface area contributed by atoms with Gasteiger partial charge in [0.25, 0.3) is 11.8 Å². The second kappa shape index (κ2) is 7.84. The van der Waals surface area contributed by atoms with Gasteiger partial charge in [-0.2, -0.15) is 26.3 Å². The first kappa shape index (κ1) is 23.1. The highest BCUT2D eigenvalue weighted by molar-refractivity contribution is 5.68. The van der Waals surface area contributed by atoms with E-state index in [9.17, 15) is 31.4 Å². The van der Waals surface area contributed by atoms with Crippen molar-refractivity contribution in [2.45, 2.75) is 51.1 Å². The Bertz CT molecular complexity index is 945. The Kier molecular flexibility index (Phi) is 5.84. The van der Waals surface area contributed by atoms with Crippen LogP contribution in [0.25, 0.3) is 11.6 Å². The number of nitrogens with zero attached hydrogens (tertiary/aromatic N) is 3. The van der Waals surface area contributed by atoms with Gasteiger partial charge >= 0.3 is 12.4 Å².